The zero-order valence-corrected chi connectivity index (χ0v) is 21.7. The highest BCUT2D eigenvalue weighted by Gasteiger charge is 2.50. The molecule has 0 amide bonds. The second-order valence-electron chi connectivity index (χ2n) is 8.90. The molecule has 35 heavy (non-hydrogen) atoms. The van der Waals surface area contributed by atoms with Crippen LogP contribution < -0.4 is 5.32 Å². The average molecular weight is 548 g/mol. The van der Waals surface area contributed by atoms with E-state index in [9.17, 15) is 14.9 Å². The zero-order chi connectivity index (χ0) is 24.9. The molecule has 180 valence electrons. The van der Waals surface area contributed by atoms with Gasteiger partial charge in [0.15, 0.2) is 5.78 Å². The number of thioether (sulfide) groups is 1. The van der Waals surface area contributed by atoms with Crippen molar-refractivity contribution >= 4 is 63.7 Å². The number of Topliss-reactive ketones (excluding diaryl/α,β-unsaturated/α-hetero) is 1. The van der Waals surface area contributed by atoms with Crippen LogP contribution in [-0.4, -0.2) is 21.3 Å². The highest BCUT2D eigenvalue weighted by molar-refractivity contribution is 8.00. The van der Waals surface area contributed by atoms with Crippen molar-refractivity contribution in [2.45, 2.75) is 40.8 Å². The fourth-order valence-electron chi connectivity index (χ4n) is 5.27. The zero-order valence-electron chi connectivity index (χ0n) is 18.6. The van der Waals surface area contributed by atoms with E-state index in [1.54, 1.807) is 31.2 Å². The van der Waals surface area contributed by atoms with E-state index in [0.29, 0.717) is 20.5 Å². The van der Waals surface area contributed by atoms with Gasteiger partial charge in [0.1, 0.15) is 0 Å². The molecule has 2 aliphatic rings. The first-order chi connectivity index (χ1) is 16.7. The molecule has 0 unspecified atom stereocenters. The van der Waals surface area contributed by atoms with Gasteiger partial charge in [0.25, 0.3) is 5.69 Å². The third-order valence-electron chi connectivity index (χ3n) is 6.86. The Morgan fingerprint density at radius 1 is 1.09 bits per heavy atom. The second-order valence-corrected chi connectivity index (χ2v) is 11.5. The maximum atomic E-state index is 12.1. The number of nitro benzene ring substituents is 1. The van der Waals surface area contributed by atoms with Gasteiger partial charge in [-0.15, -0.1) is 23.4 Å². The molecule has 1 aliphatic carbocycles. The van der Waals surface area contributed by atoms with E-state index in [2.05, 4.69) is 5.32 Å². The molecule has 0 bridgehead atoms. The maximum absolute atomic E-state index is 12.1. The first-order valence-corrected chi connectivity index (χ1v) is 13.2. The van der Waals surface area contributed by atoms with Gasteiger partial charge in [-0.1, -0.05) is 41.4 Å². The summed E-state index contributed by atoms with van der Waals surface area (Å²) in [5.41, 5.74) is 3.54. The number of fused-ring (bicyclic) bond motifs is 3. The van der Waals surface area contributed by atoms with Gasteiger partial charge in [-0.05, 0) is 66.8 Å². The van der Waals surface area contributed by atoms with E-state index in [-0.39, 0.29) is 44.9 Å². The number of nitrogens with one attached hydrogen (secondary N) is 1. The van der Waals surface area contributed by atoms with Crippen molar-refractivity contribution in [3.05, 3.63) is 97.5 Å². The highest BCUT2D eigenvalue weighted by Crippen LogP contribution is 2.58. The van der Waals surface area contributed by atoms with E-state index in [4.69, 9.17) is 34.8 Å². The van der Waals surface area contributed by atoms with Crippen LogP contribution in [0.15, 0.2) is 65.6 Å². The van der Waals surface area contributed by atoms with Gasteiger partial charge in [0, 0.05) is 38.5 Å². The molecule has 0 spiro atoms. The molecule has 1 aliphatic heterocycles. The minimum absolute atomic E-state index is 0.0119. The topological polar surface area (TPSA) is 72.2 Å². The Morgan fingerprint density at radius 3 is 2.57 bits per heavy atom. The number of rotatable bonds is 5. The summed E-state index contributed by atoms with van der Waals surface area (Å²) in [5, 5.41) is 16.0. The van der Waals surface area contributed by atoms with Crippen molar-refractivity contribution in [2.75, 3.05) is 5.32 Å². The van der Waals surface area contributed by atoms with E-state index < -0.39 is 0 Å². The minimum Gasteiger partial charge on any atom is -0.378 e. The van der Waals surface area contributed by atoms with Crippen molar-refractivity contribution in [1.29, 1.82) is 0 Å². The quantitative estimate of drug-likeness (QED) is 0.151. The van der Waals surface area contributed by atoms with Gasteiger partial charge >= 0.3 is 0 Å². The van der Waals surface area contributed by atoms with E-state index in [0.717, 1.165) is 23.2 Å². The van der Waals surface area contributed by atoms with Gasteiger partial charge in [-0.2, -0.15) is 0 Å². The predicted molar refractivity (Wildman–Crippen MR) is 143 cm³/mol. The third kappa shape index (κ3) is 4.53. The number of hydrogen-bond donors (Lipinski definition) is 1. The smallest absolute Gasteiger partial charge is 0.282 e. The molecule has 0 radical (unpaired) electrons. The SMILES string of the molecule is CC(=O)c1ccc2c(c1)[C@@H]1[C@@H](Cl)[C@@H](Sc3ccccc3[N+](=O)[O-])C[C@@H]1[C@@H](c1ccc(Cl)cc1Cl)N2. The number of para-hydroxylation sites is 1. The van der Waals surface area contributed by atoms with Crippen molar-refractivity contribution in [2.24, 2.45) is 5.92 Å². The summed E-state index contributed by atoms with van der Waals surface area (Å²) >= 11 is 21.4. The average Bonchev–Trinajstić information content (AvgIpc) is 3.15. The molecule has 1 fully saturated rings. The van der Waals surface area contributed by atoms with Crippen LogP contribution in [-0.2, 0) is 0 Å². The Bertz CT molecular complexity index is 1330. The molecule has 5 rings (SSSR count). The summed E-state index contributed by atoms with van der Waals surface area (Å²) < 4.78 is 0. The molecule has 3 aromatic rings. The van der Waals surface area contributed by atoms with E-state index in [1.807, 2.05) is 30.3 Å². The summed E-state index contributed by atoms with van der Waals surface area (Å²) in [6.07, 6.45) is 0.718. The predicted octanol–water partition coefficient (Wildman–Crippen LogP) is 8.14. The van der Waals surface area contributed by atoms with Gasteiger partial charge in [-0.25, -0.2) is 0 Å². The molecule has 3 aromatic carbocycles. The number of anilines is 1. The van der Waals surface area contributed by atoms with Crippen LogP contribution in [0.25, 0.3) is 0 Å². The fraction of sp³-hybridized carbons (Fsp3) is 0.269. The molecule has 0 saturated heterocycles. The summed E-state index contributed by atoms with van der Waals surface area (Å²) in [7, 11) is 0. The molecular weight excluding hydrogens is 527 g/mol. The lowest BCUT2D eigenvalue weighted by atomic mass is 9.76. The largest absolute Gasteiger partial charge is 0.378 e. The van der Waals surface area contributed by atoms with E-state index in [1.165, 1.54) is 17.8 Å². The van der Waals surface area contributed by atoms with Crippen LogP contribution in [0.5, 0.6) is 0 Å². The molecule has 1 saturated carbocycles. The number of carbonyl (C=O) groups excluding carboxylic acids is 1. The van der Waals surface area contributed by atoms with Crippen LogP contribution in [0, 0.1) is 16.0 Å². The van der Waals surface area contributed by atoms with Crippen molar-refractivity contribution < 1.29 is 9.72 Å². The number of halogens is 3. The van der Waals surface area contributed by atoms with Crippen molar-refractivity contribution in [3.63, 3.8) is 0 Å². The fourth-order valence-corrected chi connectivity index (χ4v) is 7.74. The number of nitro groups is 1. The van der Waals surface area contributed by atoms with Gasteiger partial charge < -0.3 is 5.32 Å². The number of nitrogens with zero attached hydrogens (tertiary/aromatic N) is 1. The number of hydrogen-bond acceptors (Lipinski definition) is 5. The standard InChI is InChI=1S/C26H21Cl3N2O3S/c1-13(32)14-6-9-20-17(10-14)24-18(26(30-20)16-8-7-15(27)11-19(16)28)12-23(25(24)29)35-22-5-3-2-4-21(22)31(33)34/h2-11,18,23-26,30H,12H2,1H3/t18-,23-,24-,25-,26+/m0/s1. The Balaban J connectivity index is 1.58. The Hall–Kier alpha value is -2.25. The van der Waals surface area contributed by atoms with Gasteiger partial charge in [-0.3, -0.25) is 14.9 Å². The van der Waals surface area contributed by atoms with Crippen LogP contribution in [0.1, 0.15) is 46.8 Å². The summed E-state index contributed by atoms with van der Waals surface area (Å²) in [6, 6.07) is 17.8. The number of ketones is 1. The molecule has 5 atom stereocenters. The van der Waals surface area contributed by atoms with Gasteiger partial charge in [0.05, 0.1) is 21.2 Å². The molecule has 1 heterocycles. The normalized spacial score (nSPS) is 24.9. The van der Waals surface area contributed by atoms with Crippen molar-refractivity contribution in [1.82, 2.24) is 0 Å². The summed E-state index contributed by atoms with van der Waals surface area (Å²) in [4.78, 5) is 23.9. The minimum atomic E-state index is -0.361. The Morgan fingerprint density at radius 2 is 1.86 bits per heavy atom. The van der Waals surface area contributed by atoms with Crippen LogP contribution in [0.2, 0.25) is 10.0 Å². The lowest BCUT2D eigenvalue weighted by Gasteiger charge is -2.39. The first-order valence-electron chi connectivity index (χ1n) is 11.1. The number of benzene rings is 3. The number of carbonyl (C=O) groups is 1. The van der Waals surface area contributed by atoms with E-state index >= 15 is 0 Å². The monoisotopic (exact) mass is 546 g/mol. The highest BCUT2D eigenvalue weighted by atomic mass is 35.5. The molecule has 1 N–H and O–H groups in total. The second kappa shape index (κ2) is 9.66. The first kappa shape index (κ1) is 24.4. The summed E-state index contributed by atoms with van der Waals surface area (Å²) in [6.45, 7) is 1.55. The molecule has 9 heteroatoms. The Kier molecular flexibility index (Phi) is 6.75. The lowest BCUT2D eigenvalue weighted by Crippen LogP contribution is -2.31. The summed E-state index contributed by atoms with van der Waals surface area (Å²) in [5.74, 6) is -0.0162. The third-order valence-corrected chi connectivity index (χ3v) is 9.53. The molecule has 5 nitrogen and oxygen atoms in total. The lowest BCUT2D eigenvalue weighted by molar-refractivity contribution is -0.387. The Labute approximate surface area is 222 Å². The van der Waals surface area contributed by atoms with Crippen LogP contribution >= 0.6 is 46.6 Å². The van der Waals surface area contributed by atoms with Gasteiger partial charge in [0.2, 0.25) is 0 Å². The molecular formula is C26H21Cl3N2O3S. The molecule has 0 aromatic heterocycles. The maximum Gasteiger partial charge on any atom is 0.282 e. The van der Waals surface area contributed by atoms with Crippen LogP contribution in [0.4, 0.5) is 11.4 Å². The van der Waals surface area contributed by atoms with Crippen LogP contribution in [0.3, 0.4) is 0 Å². The van der Waals surface area contributed by atoms with Crippen molar-refractivity contribution in [3.8, 4) is 0 Å². The number of alkyl halides is 1.